The lowest BCUT2D eigenvalue weighted by atomic mass is 9.87. The van der Waals surface area contributed by atoms with Gasteiger partial charge in [0.05, 0.1) is 4.91 Å². The number of ether oxygens (including phenoxy) is 3. The Morgan fingerprint density at radius 3 is 2.50 bits per heavy atom. The van der Waals surface area contributed by atoms with E-state index in [2.05, 4.69) is 52.9 Å². The summed E-state index contributed by atoms with van der Waals surface area (Å²) in [6, 6.07) is 11.9. The average molecular weight is 558 g/mol. The van der Waals surface area contributed by atoms with Crippen LogP contribution in [0.2, 0.25) is 0 Å². The standard InChI is InChI=1S/C33H35NO5S/c1-19(2)12-14-37-29-20(3)21(4)30-27(22(29)5)11-13-33(6,39-30)18-38-26-10-9-24-15-23(7-8-25(24)17-26)16-28-31(35)34-32(36)40-28/h7-10,12,15-17H,11,13-14,18H2,1-6H3,(H,34,35,36)/b28-16-. The summed E-state index contributed by atoms with van der Waals surface area (Å²) < 4.78 is 19.1. The topological polar surface area (TPSA) is 73.9 Å². The molecule has 5 rings (SSSR count). The minimum absolute atomic E-state index is 0.340. The van der Waals surface area contributed by atoms with E-state index < -0.39 is 5.60 Å². The molecule has 1 unspecified atom stereocenters. The summed E-state index contributed by atoms with van der Waals surface area (Å²) in [7, 11) is 0. The summed E-state index contributed by atoms with van der Waals surface area (Å²) >= 11 is 0.920. The van der Waals surface area contributed by atoms with Gasteiger partial charge in [-0.2, -0.15) is 0 Å². The maximum absolute atomic E-state index is 11.9. The molecular weight excluding hydrogens is 522 g/mol. The Hall–Kier alpha value is -3.71. The molecule has 2 heterocycles. The first-order valence-corrected chi connectivity index (χ1v) is 14.3. The van der Waals surface area contributed by atoms with E-state index in [1.165, 1.54) is 11.1 Å². The first kappa shape index (κ1) is 27.8. The Bertz CT molecular complexity index is 1580. The van der Waals surface area contributed by atoms with Gasteiger partial charge in [0, 0.05) is 5.56 Å². The molecule has 0 spiro atoms. The van der Waals surface area contributed by atoms with Gasteiger partial charge in [0.2, 0.25) is 0 Å². The van der Waals surface area contributed by atoms with Gasteiger partial charge in [-0.3, -0.25) is 14.9 Å². The number of amides is 2. The third-order valence-corrected chi connectivity index (χ3v) is 8.41. The van der Waals surface area contributed by atoms with Crippen molar-refractivity contribution in [2.75, 3.05) is 13.2 Å². The second kappa shape index (κ2) is 11.0. The molecule has 3 aromatic rings. The van der Waals surface area contributed by atoms with Crippen molar-refractivity contribution in [3.8, 4) is 17.2 Å². The number of fused-ring (bicyclic) bond motifs is 2. The van der Waals surface area contributed by atoms with Crippen LogP contribution in [0.3, 0.4) is 0 Å². The Morgan fingerprint density at radius 2 is 1.77 bits per heavy atom. The molecule has 0 aromatic heterocycles. The molecule has 2 aliphatic heterocycles. The number of allylic oxidation sites excluding steroid dienone is 1. The predicted molar refractivity (Wildman–Crippen MR) is 161 cm³/mol. The Balaban J connectivity index is 1.29. The van der Waals surface area contributed by atoms with E-state index >= 15 is 0 Å². The van der Waals surface area contributed by atoms with Gasteiger partial charge in [-0.15, -0.1) is 0 Å². The largest absolute Gasteiger partial charge is 0.489 e. The first-order valence-electron chi connectivity index (χ1n) is 13.5. The van der Waals surface area contributed by atoms with Crippen LogP contribution in [0.4, 0.5) is 4.79 Å². The molecule has 1 fully saturated rings. The van der Waals surface area contributed by atoms with Crippen LogP contribution >= 0.6 is 11.8 Å². The van der Waals surface area contributed by atoms with Gasteiger partial charge in [-0.05, 0) is 130 Å². The average Bonchev–Trinajstić information content (AvgIpc) is 3.23. The van der Waals surface area contributed by atoms with Crippen LogP contribution in [0.25, 0.3) is 16.8 Å². The van der Waals surface area contributed by atoms with Crippen LogP contribution in [0, 0.1) is 20.8 Å². The fraction of sp³-hybridized carbons (Fsp3) is 0.333. The van der Waals surface area contributed by atoms with E-state index in [9.17, 15) is 9.59 Å². The third kappa shape index (κ3) is 5.75. The number of imide groups is 1. The summed E-state index contributed by atoms with van der Waals surface area (Å²) in [5, 5.41) is 4.00. The normalized spacial score (nSPS) is 19.3. The quantitative estimate of drug-likeness (QED) is 0.238. The third-order valence-electron chi connectivity index (χ3n) is 7.60. The zero-order chi connectivity index (χ0) is 28.6. The highest BCUT2D eigenvalue weighted by Crippen LogP contribution is 2.44. The number of nitrogens with one attached hydrogen (secondary N) is 1. The summed E-state index contributed by atoms with van der Waals surface area (Å²) in [6.45, 7) is 13.6. The minimum atomic E-state index is -0.455. The Kier molecular flexibility index (Phi) is 7.69. The van der Waals surface area contributed by atoms with Crippen molar-refractivity contribution in [3.63, 3.8) is 0 Å². The van der Waals surface area contributed by atoms with Crippen molar-refractivity contribution in [1.29, 1.82) is 0 Å². The highest BCUT2D eigenvalue weighted by Gasteiger charge is 2.35. The molecule has 1 N–H and O–H groups in total. The van der Waals surface area contributed by atoms with E-state index in [0.717, 1.165) is 74.9 Å². The molecule has 0 radical (unpaired) electrons. The fourth-order valence-electron chi connectivity index (χ4n) is 5.12. The van der Waals surface area contributed by atoms with Crippen LogP contribution in [0.5, 0.6) is 17.2 Å². The van der Waals surface area contributed by atoms with Crippen LogP contribution in [-0.4, -0.2) is 30.0 Å². The minimum Gasteiger partial charge on any atom is -0.489 e. The molecule has 208 valence electrons. The lowest BCUT2D eigenvalue weighted by Crippen LogP contribution is -2.42. The Morgan fingerprint density at radius 1 is 1.02 bits per heavy atom. The lowest BCUT2D eigenvalue weighted by Gasteiger charge is -2.38. The van der Waals surface area contributed by atoms with Gasteiger partial charge in [0.25, 0.3) is 11.1 Å². The van der Waals surface area contributed by atoms with Crippen molar-refractivity contribution >= 4 is 39.8 Å². The number of benzene rings is 3. The number of carbonyl (C=O) groups is 2. The molecule has 2 aliphatic rings. The van der Waals surface area contributed by atoms with Crippen molar-refractivity contribution < 1.29 is 23.8 Å². The van der Waals surface area contributed by atoms with Gasteiger partial charge >= 0.3 is 0 Å². The summed E-state index contributed by atoms with van der Waals surface area (Å²) in [5.41, 5.74) is 6.27. The van der Waals surface area contributed by atoms with Crippen molar-refractivity contribution in [1.82, 2.24) is 5.32 Å². The highest BCUT2D eigenvalue weighted by molar-refractivity contribution is 8.18. The SMILES string of the molecule is CC(C)=CCOc1c(C)c(C)c2c(c1C)CCC(C)(COc1ccc3cc(/C=C4\SC(=O)NC4=O)ccc3c1)O2. The number of hydrogen-bond donors (Lipinski definition) is 1. The van der Waals surface area contributed by atoms with Crippen LogP contribution in [-0.2, 0) is 11.2 Å². The van der Waals surface area contributed by atoms with E-state index in [1.807, 2.05) is 36.4 Å². The molecule has 1 saturated heterocycles. The highest BCUT2D eigenvalue weighted by atomic mass is 32.2. The molecule has 0 saturated carbocycles. The van der Waals surface area contributed by atoms with Gasteiger partial charge < -0.3 is 14.2 Å². The number of carbonyl (C=O) groups excluding carboxylic acids is 2. The van der Waals surface area contributed by atoms with E-state index in [-0.39, 0.29) is 11.1 Å². The zero-order valence-electron chi connectivity index (χ0n) is 23.9. The monoisotopic (exact) mass is 557 g/mol. The summed E-state index contributed by atoms with van der Waals surface area (Å²) in [4.78, 5) is 23.7. The van der Waals surface area contributed by atoms with E-state index in [1.54, 1.807) is 6.08 Å². The Labute approximate surface area is 239 Å². The molecule has 0 bridgehead atoms. The maximum Gasteiger partial charge on any atom is 0.290 e. The molecule has 0 aliphatic carbocycles. The molecule has 2 amide bonds. The van der Waals surface area contributed by atoms with Crippen LogP contribution in [0.1, 0.15) is 55.0 Å². The second-order valence-corrected chi connectivity index (χ2v) is 12.1. The molecule has 6 nitrogen and oxygen atoms in total. The number of rotatable bonds is 7. The fourth-order valence-corrected chi connectivity index (χ4v) is 5.80. The molecule has 1 atom stereocenters. The first-order chi connectivity index (χ1) is 19.0. The van der Waals surface area contributed by atoms with E-state index in [4.69, 9.17) is 14.2 Å². The lowest BCUT2D eigenvalue weighted by molar-refractivity contribution is -0.115. The maximum atomic E-state index is 11.9. The molecule has 3 aromatic carbocycles. The molecule has 40 heavy (non-hydrogen) atoms. The van der Waals surface area contributed by atoms with Crippen molar-refractivity contribution in [2.45, 2.75) is 60.0 Å². The van der Waals surface area contributed by atoms with Crippen molar-refractivity contribution in [3.05, 3.63) is 80.8 Å². The number of hydrogen-bond acceptors (Lipinski definition) is 6. The zero-order valence-corrected chi connectivity index (χ0v) is 24.7. The van der Waals surface area contributed by atoms with Crippen LogP contribution in [0.15, 0.2) is 53.0 Å². The molecular formula is C33H35NO5S. The smallest absolute Gasteiger partial charge is 0.290 e. The van der Waals surface area contributed by atoms with Crippen molar-refractivity contribution in [2.24, 2.45) is 0 Å². The van der Waals surface area contributed by atoms with Gasteiger partial charge in [-0.25, -0.2) is 0 Å². The van der Waals surface area contributed by atoms with Gasteiger partial charge in [-0.1, -0.05) is 23.8 Å². The summed E-state index contributed by atoms with van der Waals surface area (Å²) in [5.74, 6) is 2.34. The second-order valence-electron chi connectivity index (χ2n) is 11.1. The van der Waals surface area contributed by atoms with Gasteiger partial charge in [0.15, 0.2) is 0 Å². The summed E-state index contributed by atoms with van der Waals surface area (Å²) in [6.07, 6.45) is 5.58. The molecule has 7 heteroatoms. The predicted octanol–water partition coefficient (Wildman–Crippen LogP) is 7.60. The van der Waals surface area contributed by atoms with E-state index in [0.29, 0.717) is 18.1 Å². The van der Waals surface area contributed by atoms with Crippen LogP contribution < -0.4 is 19.5 Å². The van der Waals surface area contributed by atoms with Gasteiger partial charge in [0.1, 0.15) is 36.1 Å². The number of thioether (sulfide) groups is 1.